The van der Waals surface area contributed by atoms with Crippen LogP contribution in [0.1, 0.15) is 12.8 Å². The number of nitrogens with zero attached hydrogens (tertiary/aromatic N) is 2. The van der Waals surface area contributed by atoms with Crippen molar-refractivity contribution < 1.29 is 9.90 Å². The summed E-state index contributed by atoms with van der Waals surface area (Å²) in [5.41, 5.74) is 7.22. The fraction of sp³-hybridized carbons (Fsp3) is 0.562. The van der Waals surface area contributed by atoms with E-state index in [1.165, 1.54) is 0 Å². The molecule has 0 spiro atoms. The minimum absolute atomic E-state index is 0.0780. The van der Waals surface area contributed by atoms with Crippen molar-refractivity contribution in [1.29, 1.82) is 0 Å². The second-order valence-electron chi connectivity index (χ2n) is 6.31. The molecule has 3 unspecified atom stereocenters. The molecule has 1 aliphatic carbocycles. The number of aliphatic hydroxyl groups is 1. The van der Waals surface area contributed by atoms with E-state index in [2.05, 4.69) is 4.90 Å². The number of likely N-dealkylation sites (N-methyl/N-ethyl adjacent to an activating group) is 1. The van der Waals surface area contributed by atoms with E-state index in [4.69, 9.17) is 5.73 Å². The van der Waals surface area contributed by atoms with Crippen molar-refractivity contribution in [2.75, 3.05) is 37.3 Å². The van der Waals surface area contributed by atoms with Crippen molar-refractivity contribution in [3.8, 4) is 0 Å². The van der Waals surface area contributed by atoms with Gasteiger partial charge in [0.2, 0.25) is 5.91 Å². The lowest BCUT2D eigenvalue weighted by Crippen LogP contribution is -2.38. The third-order valence-electron chi connectivity index (χ3n) is 4.91. The molecule has 1 saturated heterocycles. The Morgan fingerprint density at radius 3 is 2.71 bits per heavy atom. The Bertz CT molecular complexity index is 517. The van der Waals surface area contributed by atoms with Gasteiger partial charge in [-0.25, -0.2) is 0 Å². The van der Waals surface area contributed by atoms with Crippen LogP contribution in [-0.4, -0.2) is 48.7 Å². The molecule has 5 nitrogen and oxygen atoms in total. The van der Waals surface area contributed by atoms with Crippen LogP contribution >= 0.6 is 0 Å². The van der Waals surface area contributed by atoms with E-state index in [0.717, 1.165) is 31.6 Å². The van der Waals surface area contributed by atoms with Gasteiger partial charge in [-0.1, -0.05) is 0 Å². The van der Waals surface area contributed by atoms with Crippen molar-refractivity contribution in [3.63, 3.8) is 0 Å². The van der Waals surface area contributed by atoms with E-state index in [9.17, 15) is 9.90 Å². The first-order valence-electron chi connectivity index (χ1n) is 7.57. The third-order valence-corrected chi connectivity index (χ3v) is 4.91. The molecule has 1 aliphatic heterocycles. The first kappa shape index (κ1) is 14.4. The molecular formula is C16H23N3O2. The van der Waals surface area contributed by atoms with Crippen molar-refractivity contribution in [3.05, 3.63) is 24.3 Å². The number of amides is 1. The van der Waals surface area contributed by atoms with Gasteiger partial charge in [-0.2, -0.15) is 0 Å². The summed E-state index contributed by atoms with van der Waals surface area (Å²) in [6, 6.07) is 7.32. The van der Waals surface area contributed by atoms with Gasteiger partial charge in [0.25, 0.3) is 0 Å². The number of likely N-dealkylation sites (tertiary alicyclic amines) is 1. The number of carbonyl (C=O) groups excluding carboxylic acids is 1. The molecule has 3 rings (SSSR count). The Hall–Kier alpha value is -1.59. The number of nitrogen functional groups attached to an aromatic ring is 1. The normalized spacial score (nSPS) is 28.6. The number of hydrogen-bond donors (Lipinski definition) is 2. The van der Waals surface area contributed by atoms with Gasteiger partial charge in [-0.15, -0.1) is 0 Å². The lowest BCUT2D eigenvalue weighted by Gasteiger charge is -2.22. The van der Waals surface area contributed by atoms with Crippen molar-refractivity contribution in [1.82, 2.24) is 4.90 Å². The number of anilines is 2. The maximum Gasteiger partial charge on any atom is 0.240 e. The summed E-state index contributed by atoms with van der Waals surface area (Å²) in [7, 11) is 1.79. The molecule has 1 aromatic rings. The highest BCUT2D eigenvalue weighted by Gasteiger charge is 2.42. The van der Waals surface area contributed by atoms with Gasteiger partial charge in [-0.05, 0) is 43.0 Å². The van der Waals surface area contributed by atoms with Crippen LogP contribution < -0.4 is 10.6 Å². The van der Waals surface area contributed by atoms with E-state index in [-0.39, 0.29) is 12.0 Å². The van der Waals surface area contributed by atoms with Crippen LogP contribution in [0.2, 0.25) is 0 Å². The highest BCUT2D eigenvalue weighted by molar-refractivity contribution is 5.94. The van der Waals surface area contributed by atoms with Gasteiger partial charge in [-0.3, -0.25) is 9.69 Å². The van der Waals surface area contributed by atoms with E-state index in [1.807, 2.05) is 12.1 Å². The summed E-state index contributed by atoms with van der Waals surface area (Å²) in [4.78, 5) is 16.2. The molecule has 3 atom stereocenters. The van der Waals surface area contributed by atoms with Gasteiger partial charge in [0.15, 0.2) is 0 Å². The fourth-order valence-corrected chi connectivity index (χ4v) is 3.60. The summed E-state index contributed by atoms with van der Waals surface area (Å²) in [6.07, 6.45) is 1.83. The average molecular weight is 289 g/mol. The molecular weight excluding hydrogens is 266 g/mol. The lowest BCUT2D eigenvalue weighted by molar-refractivity contribution is -0.119. The number of fused-ring (bicyclic) bond motifs is 1. The monoisotopic (exact) mass is 289 g/mol. The van der Waals surface area contributed by atoms with Crippen LogP contribution in [0.4, 0.5) is 11.4 Å². The topological polar surface area (TPSA) is 69.8 Å². The average Bonchev–Trinajstić information content (AvgIpc) is 3.01. The summed E-state index contributed by atoms with van der Waals surface area (Å²) in [5, 5.41) is 9.93. The summed E-state index contributed by atoms with van der Waals surface area (Å²) < 4.78 is 0. The highest BCUT2D eigenvalue weighted by atomic mass is 16.3. The van der Waals surface area contributed by atoms with Crippen LogP contribution in [-0.2, 0) is 4.79 Å². The molecule has 1 aromatic carbocycles. The van der Waals surface area contributed by atoms with Gasteiger partial charge in [0.1, 0.15) is 0 Å². The molecule has 5 heteroatoms. The molecule has 0 aromatic heterocycles. The van der Waals surface area contributed by atoms with Gasteiger partial charge in [0, 0.05) is 37.4 Å². The summed E-state index contributed by atoms with van der Waals surface area (Å²) in [5.74, 6) is 1.00. The first-order valence-corrected chi connectivity index (χ1v) is 7.57. The Labute approximate surface area is 125 Å². The van der Waals surface area contributed by atoms with Crippen LogP contribution in [0.3, 0.4) is 0 Å². The van der Waals surface area contributed by atoms with E-state index in [0.29, 0.717) is 24.1 Å². The largest absolute Gasteiger partial charge is 0.399 e. The minimum atomic E-state index is -0.176. The summed E-state index contributed by atoms with van der Waals surface area (Å²) in [6.45, 7) is 2.19. The Balaban J connectivity index is 1.58. The van der Waals surface area contributed by atoms with E-state index < -0.39 is 0 Å². The predicted molar refractivity (Wildman–Crippen MR) is 82.9 cm³/mol. The standard InChI is InChI=1S/C16H23N3O2/c1-18(13-5-3-12(17)4-6-13)16(21)10-19-8-11-2-7-15(20)14(11)9-19/h3-6,11,14-15,20H,2,7-10,17H2,1H3. The third kappa shape index (κ3) is 2.89. The molecule has 1 heterocycles. The second kappa shape index (κ2) is 5.66. The molecule has 1 amide bonds. The highest BCUT2D eigenvalue weighted by Crippen LogP contribution is 2.37. The Morgan fingerprint density at radius 1 is 1.33 bits per heavy atom. The van der Waals surface area contributed by atoms with Crippen LogP contribution in [0.5, 0.6) is 0 Å². The van der Waals surface area contributed by atoms with Crippen LogP contribution in [0.25, 0.3) is 0 Å². The van der Waals surface area contributed by atoms with Crippen molar-refractivity contribution >= 4 is 17.3 Å². The van der Waals surface area contributed by atoms with Gasteiger partial charge < -0.3 is 15.7 Å². The number of aliphatic hydroxyl groups excluding tert-OH is 1. The molecule has 3 N–H and O–H groups in total. The SMILES string of the molecule is CN(C(=O)CN1CC2CCC(O)C2C1)c1ccc(N)cc1. The smallest absolute Gasteiger partial charge is 0.240 e. The van der Waals surface area contributed by atoms with E-state index in [1.54, 1.807) is 24.1 Å². The zero-order valence-electron chi connectivity index (χ0n) is 12.4. The van der Waals surface area contributed by atoms with Crippen molar-refractivity contribution in [2.45, 2.75) is 18.9 Å². The molecule has 2 fully saturated rings. The fourth-order valence-electron chi connectivity index (χ4n) is 3.60. The number of rotatable bonds is 3. The quantitative estimate of drug-likeness (QED) is 0.812. The molecule has 114 valence electrons. The number of benzene rings is 1. The molecule has 2 aliphatic rings. The lowest BCUT2D eigenvalue weighted by atomic mass is 10.00. The molecule has 21 heavy (non-hydrogen) atoms. The number of carbonyl (C=O) groups is 1. The zero-order chi connectivity index (χ0) is 15.0. The van der Waals surface area contributed by atoms with E-state index >= 15 is 0 Å². The molecule has 0 bridgehead atoms. The van der Waals surface area contributed by atoms with Gasteiger partial charge >= 0.3 is 0 Å². The Morgan fingerprint density at radius 2 is 2.05 bits per heavy atom. The maximum absolute atomic E-state index is 12.4. The second-order valence-corrected chi connectivity index (χ2v) is 6.31. The molecule has 0 radical (unpaired) electrons. The number of hydrogen-bond acceptors (Lipinski definition) is 4. The number of nitrogens with two attached hydrogens (primary N) is 1. The predicted octanol–water partition coefficient (Wildman–Crippen LogP) is 0.934. The zero-order valence-corrected chi connectivity index (χ0v) is 12.4. The maximum atomic E-state index is 12.4. The van der Waals surface area contributed by atoms with Crippen LogP contribution in [0, 0.1) is 11.8 Å². The minimum Gasteiger partial charge on any atom is -0.399 e. The van der Waals surface area contributed by atoms with Crippen molar-refractivity contribution in [2.24, 2.45) is 11.8 Å². The molecule has 1 saturated carbocycles. The van der Waals surface area contributed by atoms with Gasteiger partial charge in [0.05, 0.1) is 12.6 Å². The Kier molecular flexibility index (Phi) is 3.87. The van der Waals surface area contributed by atoms with Crippen LogP contribution in [0.15, 0.2) is 24.3 Å². The summed E-state index contributed by atoms with van der Waals surface area (Å²) >= 11 is 0. The first-order chi connectivity index (χ1) is 10.0.